The summed E-state index contributed by atoms with van der Waals surface area (Å²) in [5, 5.41) is 0. The van der Waals surface area contributed by atoms with Gasteiger partial charge in [-0.15, -0.1) is 0 Å². The lowest BCUT2D eigenvalue weighted by Crippen LogP contribution is -2.13. The first kappa shape index (κ1) is 12.4. The van der Waals surface area contributed by atoms with Crippen LogP contribution in [-0.4, -0.2) is 18.7 Å². The van der Waals surface area contributed by atoms with Crippen molar-refractivity contribution in [1.82, 2.24) is 0 Å². The summed E-state index contributed by atoms with van der Waals surface area (Å²) >= 11 is 0. The molecule has 0 unspecified atom stereocenters. The Kier molecular flexibility index (Phi) is 4.23. The number of ether oxygens (including phenoxy) is 1. The predicted octanol–water partition coefficient (Wildman–Crippen LogP) is 2.49. The second-order valence-corrected chi connectivity index (χ2v) is 3.95. The van der Waals surface area contributed by atoms with E-state index >= 15 is 0 Å². The van der Waals surface area contributed by atoms with E-state index in [2.05, 4.69) is 0 Å². The fourth-order valence-electron chi connectivity index (χ4n) is 1.24. The molecule has 0 aliphatic rings. The van der Waals surface area contributed by atoms with Crippen molar-refractivity contribution in [1.29, 1.82) is 0 Å². The van der Waals surface area contributed by atoms with E-state index < -0.39 is 0 Å². The first-order valence-corrected chi connectivity index (χ1v) is 5.24. The number of carbonyl (C=O) groups excluding carboxylic acids is 2. The van der Waals surface area contributed by atoms with E-state index in [1.165, 1.54) is 0 Å². The normalized spacial score (nSPS) is 10.2. The molecule has 0 fully saturated rings. The molecule has 0 heterocycles. The lowest BCUT2D eigenvalue weighted by atomic mass is 10.00. The molecule has 0 spiro atoms. The van der Waals surface area contributed by atoms with Gasteiger partial charge >= 0.3 is 0 Å². The number of methoxy groups -OCH3 is 1. The summed E-state index contributed by atoms with van der Waals surface area (Å²) in [4.78, 5) is 23.1. The van der Waals surface area contributed by atoms with Gasteiger partial charge in [-0.2, -0.15) is 0 Å². The van der Waals surface area contributed by atoms with E-state index in [0.717, 1.165) is 0 Å². The van der Waals surface area contributed by atoms with Crippen LogP contribution in [0, 0.1) is 5.92 Å². The van der Waals surface area contributed by atoms with Gasteiger partial charge in [-0.3, -0.25) is 9.59 Å². The van der Waals surface area contributed by atoms with Crippen molar-refractivity contribution in [3.8, 4) is 5.75 Å². The third-order valence-electron chi connectivity index (χ3n) is 2.39. The molecule has 0 amide bonds. The van der Waals surface area contributed by atoms with E-state index in [1.807, 2.05) is 0 Å². The van der Waals surface area contributed by atoms with E-state index in [0.29, 0.717) is 11.3 Å². The van der Waals surface area contributed by atoms with Gasteiger partial charge < -0.3 is 4.74 Å². The van der Waals surface area contributed by atoms with Crippen molar-refractivity contribution in [3.63, 3.8) is 0 Å². The van der Waals surface area contributed by atoms with Crippen molar-refractivity contribution in [2.24, 2.45) is 5.92 Å². The highest BCUT2D eigenvalue weighted by molar-refractivity contribution is 6.08. The monoisotopic (exact) mass is 220 g/mol. The van der Waals surface area contributed by atoms with Crippen molar-refractivity contribution in [2.75, 3.05) is 7.11 Å². The highest BCUT2D eigenvalue weighted by atomic mass is 16.5. The topological polar surface area (TPSA) is 43.4 Å². The van der Waals surface area contributed by atoms with Gasteiger partial charge in [0.2, 0.25) is 0 Å². The molecule has 0 bridgehead atoms. The zero-order valence-electron chi connectivity index (χ0n) is 9.82. The van der Waals surface area contributed by atoms with Gasteiger partial charge in [0.15, 0.2) is 5.78 Å². The Morgan fingerprint density at radius 2 is 1.75 bits per heavy atom. The van der Waals surface area contributed by atoms with Crippen LogP contribution in [0.5, 0.6) is 5.75 Å². The van der Waals surface area contributed by atoms with Gasteiger partial charge in [-0.25, -0.2) is 0 Å². The highest BCUT2D eigenvalue weighted by Crippen LogP contribution is 2.13. The maximum atomic E-state index is 11.7. The number of benzene rings is 1. The minimum atomic E-state index is -0.138. The van der Waals surface area contributed by atoms with Crippen molar-refractivity contribution in [2.45, 2.75) is 20.3 Å². The van der Waals surface area contributed by atoms with Gasteiger partial charge in [0.25, 0.3) is 0 Å². The first-order chi connectivity index (χ1) is 7.54. The molecule has 0 aliphatic carbocycles. The minimum absolute atomic E-state index is 0.0238. The predicted molar refractivity (Wildman–Crippen MR) is 61.8 cm³/mol. The van der Waals surface area contributed by atoms with Gasteiger partial charge in [0, 0.05) is 11.5 Å². The molecular formula is C13H16O3. The standard InChI is InChI=1S/C13H16O3/c1-9(2)12(14)8-13(15)10-4-6-11(16-3)7-5-10/h4-7,9H,8H2,1-3H3. The summed E-state index contributed by atoms with van der Waals surface area (Å²) in [6.45, 7) is 3.59. The molecule has 1 rings (SSSR count). The maximum Gasteiger partial charge on any atom is 0.170 e. The Hall–Kier alpha value is -1.64. The summed E-state index contributed by atoms with van der Waals surface area (Å²) in [6, 6.07) is 6.78. The maximum absolute atomic E-state index is 11.7. The lowest BCUT2D eigenvalue weighted by Gasteiger charge is -2.04. The molecule has 0 aromatic heterocycles. The van der Waals surface area contributed by atoms with E-state index in [9.17, 15) is 9.59 Å². The Morgan fingerprint density at radius 1 is 1.19 bits per heavy atom. The largest absolute Gasteiger partial charge is 0.497 e. The second kappa shape index (κ2) is 5.45. The molecule has 86 valence electrons. The molecule has 3 nitrogen and oxygen atoms in total. The van der Waals surface area contributed by atoms with Gasteiger partial charge in [-0.1, -0.05) is 13.8 Å². The fourth-order valence-corrected chi connectivity index (χ4v) is 1.24. The van der Waals surface area contributed by atoms with Crippen molar-refractivity contribution in [3.05, 3.63) is 29.8 Å². The van der Waals surface area contributed by atoms with Crippen LogP contribution in [0.15, 0.2) is 24.3 Å². The van der Waals surface area contributed by atoms with Crippen LogP contribution in [0.1, 0.15) is 30.6 Å². The molecule has 0 N–H and O–H groups in total. The second-order valence-electron chi connectivity index (χ2n) is 3.95. The number of carbonyl (C=O) groups is 2. The van der Waals surface area contributed by atoms with Crippen LogP contribution in [0.3, 0.4) is 0 Å². The smallest absolute Gasteiger partial charge is 0.170 e. The molecule has 3 heteroatoms. The Bertz CT molecular complexity index is 377. The quantitative estimate of drug-likeness (QED) is 0.565. The zero-order chi connectivity index (χ0) is 12.1. The number of hydrogen-bond acceptors (Lipinski definition) is 3. The van der Waals surface area contributed by atoms with Crippen LogP contribution in [0.25, 0.3) is 0 Å². The van der Waals surface area contributed by atoms with E-state index in [4.69, 9.17) is 4.74 Å². The number of hydrogen-bond donors (Lipinski definition) is 0. The lowest BCUT2D eigenvalue weighted by molar-refractivity contribution is -0.121. The van der Waals surface area contributed by atoms with Crippen LogP contribution < -0.4 is 4.74 Å². The summed E-state index contributed by atoms with van der Waals surface area (Å²) in [5.74, 6) is 0.441. The zero-order valence-corrected chi connectivity index (χ0v) is 9.82. The molecule has 0 aliphatic heterocycles. The Labute approximate surface area is 95.4 Å². The SMILES string of the molecule is COc1ccc(C(=O)CC(=O)C(C)C)cc1. The Balaban J connectivity index is 2.70. The summed E-state index contributed by atoms with van der Waals surface area (Å²) in [6.07, 6.45) is -0.0238. The third-order valence-corrected chi connectivity index (χ3v) is 2.39. The molecule has 1 aromatic carbocycles. The number of Topliss-reactive ketones (excluding diaryl/α,β-unsaturated/α-hetero) is 2. The summed E-state index contributed by atoms with van der Waals surface area (Å²) in [5.41, 5.74) is 0.551. The summed E-state index contributed by atoms with van der Waals surface area (Å²) < 4.78 is 4.99. The van der Waals surface area contributed by atoms with Crippen molar-refractivity contribution < 1.29 is 14.3 Å². The van der Waals surface area contributed by atoms with Crippen molar-refractivity contribution >= 4 is 11.6 Å². The molecule has 0 saturated carbocycles. The van der Waals surface area contributed by atoms with E-state index in [1.54, 1.807) is 45.2 Å². The average Bonchev–Trinajstić information content (AvgIpc) is 2.28. The van der Waals surface area contributed by atoms with Crippen LogP contribution >= 0.6 is 0 Å². The van der Waals surface area contributed by atoms with Gasteiger partial charge in [-0.05, 0) is 24.3 Å². The molecule has 0 atom stereocenters. The van der Waals surface area contributed by atoms with Gasteiger partial charge in [0.05, 0.1) is 13.5 Å². The van der Waals surface area contributed by atoms with Gasteiger partial charge in [0.1, 0.15) is 11.5 Å². The molecule has 1 aromatic rings. The number of rotatable bonds is 5. The van der Waals surface area contributed by atoms with Crippen LogP contribution in [0.2, 0.25) is 0 Å². The van der Waals surface area contributed by atoms with Crippen LogP contribution in [0.4, 0.5) is 0 Å². The van der Waals surface area contributed by atoms with Crippen LogP contribution in [-0.2, 0) is 4.79 Å². The Morgan fingerprint density at radius 3 is 2.19 bits per heavy atom. The minimum Gasteiger partial charge on any atom is -0.497 e. The molecule has 0 radical (unpaired) electrons. The molecule has 16 heavy (non-hydrogen) atoms. The first-order valence-electron chi connectivity index (χ1n) is 5.24. The average molecular weight is 220 g/mol. The summed E-state index contributed by atoms with van der Waals surface area (Å²) in [7, 11) is 1.57. The fraction of sp³-hybridized carbons (Fsp3) is 0.385. The number of ketones is 2. The molecular weight excluding hydrogens is 204 g/mol. The highest BCUT2D eigenvalue weighted by Gasteiger charge is 2.14. The molecule has 0 saturated heterocycles. The third kappa shape index (κ3) is 3.19. The van der Waals surface area contributed by atoms with E-state index in [-0.39, 0.29) is 23.9 Å².